The maximum atomic E-state index is 11.2. The highest BCUT2D eigenvalue weighted by Gasteiger charge is 2.28. The van der Waals surface area contributed by atoms with Gasteiger partial charge in [-0.15, -0.1) is 0 Å². The van der Waals surface area contributed by atoms with Gasteiger partial charge in [-0.05, 0) is 12.5 Å². The first-order chi connectivity index (χ1) is 9.65. The molecule has 20 heavy (non-hydrogen) atoms. The SMILES string of the molecule is CC(=O)Nc1n[nH]c2c1CN(C(C)c1ccccc1)C2. The van der Waals surface area contributed by atoms with Crippen molar-refractivity contribution in [3.05, 3.63) is 47.2 Å². The predicted molar refractivity (Wildman–Crippen MR) is 77.0 cm³/mol. The largest absolute Gasteiger partial charge is 0.309 e. The van der Waals surface area contributed by atoms with E-state index in [1.165, 1.54) is 12.5 Å². The van der Waals surface area contributed by atoms with Crippen molar-refractivity contribution in [2.45, 2.75) is 33.0 Å². The number of hydrogen-bond acceptors (Lipinski definition) is 3. The lowest BCUT2D eigenvalue weighted by atomic mass is 10.1. The standard InChI is InChI=1S/C15H18N4O/c1-10(12-6-4-3-5-7-12)19-8-13-14(9-19)17-18-15(13)16-11(2)20/h3-7,10H,8-9H2,1-2H3,(H2,16,17,18,20). The zero-order valence-electron chi connectivity index (χ0n) is 11.7. The van der Waals surface area contributed by atoms with Gasteiger partial charge in [0, 0.05) is 31.6 Å². The van der Waals surface area contributed by atoms with Crippen LogP contribution in [0.25, 0.3) is 0 Å². The third-order valence-electron chi connectivity index (χ3n) is 3.80. The minimum Gasteiger partial charge on any atom is -0.309 e. The third kappa shape index (κ3) is 2.32. The van der Waals surface area contributed by atoms with E-state index >= 15 is 0 Å². The van der Waals surface area contributed by atoms with E-state index in [1.54, 1.807) is 0 Å². The Balaban J connectivity index is 1.77. The second-order valence-corrected chi connectivity index (χ2v) is 5.20. The zero-order chi connectivity index (χ0) is 14.1. The number of anilines is 1. The summed E-state index contributed by atoms with van der Waals surface area (Å²) in [5.74, 6) is 0.573. The highest BCUT2D eigenvalue weighted by molar-refractivity contribution is 5.88. The van der Waals surface area contributed by atoms with Crippen LogP contribution >= 0.6 is 0 Å². The van der Waals surface area contributed by atoms with Crippen LogP contribution in [0.2, 0.25) is 0 Å². The zero-order valence-corrected chi connectivity index (χ0v) is 11.7. The quantitative estimate of drug-likeness (QED) is 0.900. The van der Waals surface area contributed by atoms with Gasteiger partial charge in [-0.1, -0.05) is 30.3 Å². The van der Waals surface area contributed by atoms with Crippen LogP contribution in [0.1, 0.15) is 36.7 Å². The minimum atomic E-state index is -0.0890. The molecule has 0 saturated carbocycles. The molecule has 1 aromatic carbocycles. The maximum absolute atomic E-state index is 11.2. The van der Waals surface area contributed by atoms with Crippen LogP contribution in [0.5, 0.6) is 0 Å². The van der Waals surface area contributed by atoms with E-state index < -0.39 is 0 Å². The Bertz CT molecular complexity index is 620. The molecule has 2 N–H and O–H groups in total. The minimum absolute atomic E-state index is 0.0890. The summed E-state index contributed by atoms with van der Waals surface area (Å²) in [4.78, 5) is 13.5. The fourth-order valence-corrected chi connectivity index (χ4v) is 2.65. The average Bonchev–Trinajstić information content (AvgIpc) is 3.01. The Morgan fingerprint density at radius 1 is 1.35 bits per heavy atom. The van der Waals surface area contributed by atoms with Crippen LogP contribution in [0.4, 0.5) is 5.82 Å². The van der Waals surface area contributed by atoms with Crippen molar-refractivity contribution in [2.24, 2.45) is 0 Å². The molecule has 1 aromatic heterocycles. The smallest absolute Gasteiger partial charge is 0.222 e. The summed E-state index contributed by atoms with van der Waals surface area (Å²) in [6, 6.07) is 10.8. The third-order valence-corrected chi connectivity index (χ3v) is 3.80. The van der Waals surface area contributed by atoms with Crippen LogP contribution < -0.4 is 5.32 Å². The first-order valence-electron chi connectivity index (χ1n) is 6.78. The normalized spacial score (nSPS) is 15.9. The van der Waals surface area contributed by atoms with E-state index in [1.807, 2.05) is 6.07 Å². The van der Waals surface area contributed by atoms with Crippen molar-refractivity contribution in [3.63, 3.8) is 0 Å². The van der Waals surface area contributed by atoms with Gasteiger partial charge in [0.2, 0.25) is 5.91 Å². The molecule has 5 heteroatoms. The van der Waals surface area contributed by atoms with E-state index in [0.29, 0.717) is 11.9 Å². The van der Waals surface area contributed by atoms with Gasteiger partial charge in [0.1, 0.15) is 0 Å². The van der Waals surface area contributed by atoms with Crippen LogP contribution in [0.15, 0.2) is 30.3 Å². The number of aromatic nitrogens is 2. The average molecular weight is 270 g/mol. The molecular weight excluding hydrogens is 252 g/mol. The van der Waals surface area contributed by atoms with E-state index in [-0.39, 0.29) is 5.91 Å². The van der Waals surface area contributed by atoms with Crippen molar-refractivity contribution >= 4 is 11.7 Å². The van der Waals surface area contributed by atoms with Crippen molar-refractivity contribution in [3.8, 4) is 0 Å². The Labute approximate surface area is 118 Å². The van der Waals surface area contributed by atoms with E-state index in [9.17, 15) is 4.79 Å². The van der Waals surface area contributed by atoms with E-state index in [0.717, 1.165) is 24.3 Å². The lowest BCUT2D eigenvalue weighted by Gasteiger charge is -2.24. The number of rotatable bonds is 3. The fourth-order valence-electron chi connectivity index (χ4n) is 2.65. The maximum Gasteiger partial charge on any atom is 0.222 e. The highest BCUT2D eigenvalue weighted by atomic mass is 16.1. The number of fused-ring (bicyclic) bond motifs is 1. The van der Waals surface area contributed by atoms with Gasteiger partial charge in [-0.2, -0.15) is 5.10 Å². The first kappa shape index (κ1) is 12.9. The Kier molecular flexibility index (Phi) is 3.28. The number of nitrogens with one attached hydrogen (secondary N) is 2. The molecule has 0 radical (unpaired) electrons. The van der Waals surface area contributed by atoms with Gasteiger partial charge in [-0.25, -0.2) is 0 Å². The van der Waals surface area contributed by atoms with Crippen molar-refractivity contribution in [1.29, 1.82) is 0 Å². The first-order valence-corrected chi connectivity index (χ1v) is 6.78. The molecule has 104 valence electrons. The number of carbonyl (C=O) groups excluding carboxylic acids is 1. The summed E-state index contributed by atoms with van der Waals surface area (Å²) in [5, 5.41) is 9.96. The molecule has 0 fully saturated rings. The van der Waals surface area contributed by atoms with Gasteiger partial charge in [0.15, 0.2) is 5.82 Å². The number of nitrogens with zero attached hydrogens (tertiary/aromatic N) is 2. The van der Waals surface area contributed by atoms with Gasteiger partial charge in [0.25, 0.3) is 0 Å². The highest BCUT2D eigenvalue weighted by Crippen LogP contribution is 2.33. The molecule has 0 spiro atoms. The monoisotopic (exact) mass is 270 g/mol. The summed E-state index contributed by atoms with van der Waals surface area (Å²) in [7, 11) is 0. The number of H-pyrrole nitrogens is 1. The molecule has 1 amide bonds. The van der Waals surface area contributed by atoms with Gasteiger partial charge < -0.3 is 5.32 Å². The second-order valence-electron chi connectivity index (χ2n) is 5.20. The molecule has 1 aliphatic heterocycles. The molecule has 1 atom stereocenters. The summed E-state index contributed by atoms with van der Waals surface area (Å²) >= 11 is 0. The van der Waals surface area contributed by atoms with E-state index in [4.69, 9.17) is 0 Å². The second kappa shape index (κ2) is 5.09. The number of aromatic amines is 1. The van der Waals surface area contributed by atoms with Gasteiger partial charge in [0.05, 0.1) is 5.69 Å². The summed E-state index contributed by atoms with van der Waals surface area (Å²) in [5.41, 5.74) is 3.49. The van der Waals surface area contributed by atoms with Crippen LogP contribution in [-0.4, -0.2) is 21.0 Å². The lowest BCUT2D eigenvalue weighted by Crippen LogP contribution is -2.21. The molecule has 2 aromatic rings. The molecule has 0 aliphatic carbocycles. The number of hydrogen-bond donors (Lipinski definition) is 2. The Hall–Kier alpha value is -2.14. The van der Waals surface area contributed by atoms with Crippen LogP contribution in [-0.2, 0) is 17.9 Å². The number of amides is 1. The fraction of sp³-hybridized carbons (Fsp3) is 0.333. The summed E-state index contributed by atoms with van der Waals surface area (Å²) < 4.78 is 0. The van der Waals surface area contributed by atoms with Gasteiger partial charge in [-0.3, -0.25) is 14.8 Å². The molecule has 1 aliphatic rings. The Morgan fingerprint density at radius 2 is 2.10 bits per heavy atom. The molecule has 5 nitrogen and oxygen atoms in total. The van der Waals surface area contributed by atoms with Crippen molar-refractivity contribution < 1.29 is 4.79 Å². The molecule has 1 unspecified atom stereocenters. The molecule has 0 bridgehead atoms. The van der Waals surface area contributed by atoms with Crippen LogP contribution in [0.3, 0.4) is 0 Å². The molecule has 3 rings (SSSR count). The number of benzene rings is 1. The van der Waals surface area contributed by atoms with E-state index in [2.05, 4.69) is 51.6 Å². The van der Waals surface area contributed by atoms with Crippen molar-refractivity contribution in [1.82, 2.24) is 15.1 Å². The van der Waals surface area contributed by atoms with Crippen molar-refractivity contribution in [2.75, 3.05) is 5.32 Å². The molecule has 2 heterocycles. The number of carbonyl (C=O) groups is 1. The molecular formula is C15H18N4O. The summed E-state index contributed by atoms with van der Waals surface area (Å²) in [6.45, 7) is 5.34. The Morgan fingerprint density at radius 3 is 2.80 bits per heavy atom. The topological polar surface area (TPSA) is 61.0 Å². The summed E-state index contributed by atoms with van der Waals surface area (Å²) in [6.07, 6.45) is 0. The lowest BCUT2D eigenvalue weighted by molar-refractivity contribution is -0.114. The predicted octanol–water partition coefficient (Wildman–Crippen LogP) is 2.44. The molecule has 0 saturated heterocycles. The van der Waals surface area contributed by atoms with Crippen LogP contribution in [0, 0.1) is 0 Å². The van der Waals surface area contributed by atoms with Gasteiger partial charge >= 0.3 is 0 Å².